The van der Waals surface area contributed by atoms with Gasteiger partial charge in [-0.2, -0.15) is 0 Å². The molecule has 0 saturated carbocycles. The Labute approximate surface area is 185 Å². The number of amides is 2. The smallest absolute Gasteiger partial charge is 0.275 e. The molecule has 2 amide bonds. The second kappa shape index (κ2) is 8.27. The van der Waals surface area contributed by atoms with Crippen molar-refractivity contribution in [3.05, 3.63) is 69.6 Å². The second-order valence-electron chi connectivity index (χ2n) is 7.25. The zero-order chi connectivity index (χ0) is 22.2. The fourth-order valence-corrected chi connectivity index (χ4v) is 4.10. The van der Waals surface area contributed by atoms with E-state index < -0.39 is 17.7 Å². The summed E-state index contributed by atoms with van der Waals surface area (Å²) in [6.45, 7) is 0.719. The van der Waals surface area contributed by atoms with Gasteiger partial charge >= 0.3 is 0 Å². The fourth-order valence-electron chi connectivity index (χ4n) is 3.34. The van der Waals surface area contributed by atoms with Crippen LogP contribution in [0.25, 0.3) is 0 Å². The van der Waals surface area contributed by atoms with Crippen LogP contribution in [0.5, 0.6) is 0 Å². The number of pyridine rings is 1. The molecule has 1 atom stereocenters. The number of alkyl halides is 2. The van der Waals surface area contributed by atoms with Crippen molar-refractivity contribution >= 4 is 39.9 Å². The molecule has 2 aromatic heterocycles. The van der Waals surface area contributed by atoms with Gasteiger partial charge in [0, 0.05) is 47.5 Å². The maximum absolute atomic E-state index is 13.5. The first-order valence-electron chi connectivity index (χ1n) is 9.26. The van der Waals surface area contributed by atoms with Crippen LogP contribution in [0.1, 0.15) is 44.5 Å². The fraction of sp³-hybridized carbons (Fsp3) is 0.250. The number of halogens is 3. The lowest BCUT2D eigenvalue weighted by molar-refractivity contribution is 0.0171. The molecule has 2 heterocycles. The van der Waals surface area contributed by atoms with E-state index in [0.717, 1.165) is 41.8 Å². The molecule has 0 unspecified atom stereocenters. The molecule has 0 bridgehead atoms. The summed E-state index contributed by atoms with van der Waals surface area (Å²) in [6, 6.07) is 6.53. The van der Waals surface area contributed by atoms with Crippen molar-refractivity contribution in [2.75, 3.05) is 5.32 Å². The van der Waals surface area contributed by atoms with Crippen molar-refractivity contribution in [1.82, 2.24) is 19.9 Å². The van der Waals surface area contributed by atoms with Crippen molar-refractivity contribution in [2.45, 2.75) is 31.7 Å². The normalized spacial score (nSPS) is 15.4. The van der Waals surface area contributed by atoms with Crippen molar-refractivity contribution in [2.24, 2.45) is 0 Å². The average molecular weight is 464 g/mol. The predicted octanol–water partition coefficient (Wildman–Crippen LogP) is 3.85. The molecule has 1 aliphatic rings. The zero-order valence-corrected chi connectivity index (χ0v) is 17.7. The molecule has 0 spiro atoms. The molecular weight excluding hydrogens is 448 g/mol. The van der Waals surface area contributed by atoms with E-state index in [-0.39, 0.29) is 27.9 Å². The first-order valence-corrected chi connectivity index (χ1v) is 10.4. The molecule has 31 heavy (non-hydrogen) atoms. The third kappa shape index (κ3) is 4.70. The molecule has 1 aliphatic carbocycles. The number of nitrogens with zero attached hydrogens (tertiary/aromatic N) is 3. The lowest BCUT2D eigenvalue weighted by atomic mass is 10.1. The molecule has 1 aromatic carbocycles. The quantitative estimate of drug-likeness (QED) is 0.599. The van der Waals surface area contributed by atoms with Crippen LogP contribution < -0.4 is 10.6 Å². The molecule has 160 valence electrons. The van der Waals surface area contributed by atoms with Crippen LogP contribution in [-0.2, 0) is 18.8 Å². The van der Waals surface area contributed by atoms with Crippen molar-refractivity contribution in [3.8, 4) is 0 Å². The Kier molecular flexibility index (Phi) is 5.67. The number of hydrogen-bond donors (Lipinski definition) is 2. The highest BCUT2D eigenvalue weighted by molar-refractivity contribution is 7.10. The van der Waals surface area contributed by atoms with E-state index in [0.29, 0.717) is 17.9 Å². The van der Waals surface area contributed by atoms with Gasteiger partial charge in [-0.3, -0.25) is 14.6 Å². The van der Waals surface area contributed by atoms with Crippen LogP contribution in [0.15, 0.2) is 36.7 Å². The first kappa shape index (κ1) is 21.3. The zero-order valence-electron chi connectivity index (χ0n) is 16.2. The van der Waals surface area contributed by atoms with Crippen LogP contribution >= 0.6 is 23.1 Å². The minimum absolute atomic E-state index is 0.0442. The number of anilines is 1. The summed E-state index contributed by atoms with van der Waals surface area (Å²) in [6.07, 6.45) is 3.45. The highest BCUT2D eigenvalue weighted by Gasteiger charge is 2.28. The van der Waals surface area contributed by atoms with Gasteiger partial charge in [-0.05, 0) is 42.2 Å². The summed E-state index contributed by atoms with van der Waals surface area (Å²) in [7, 11) is 0. The van der Waals surface area contributed by atoms with Gasteiger partial charge < -0.3 is 10.6 Å². The second-order valence-corrected chi connectivity index (χ2v) is 8.44. The molecule has 7 nitrogen and oxygen atoms in total. The van der Waals surface area contributed by atoms with Crippen LogP contribution in [0.3, 0.4) is 0 Å². The van der Waals surface area contributed by atoms with E-state index in [4.69, 9.17) is 11.6 Å². The van der Waals surface area contributed by atoms with Gasteiger partial charge in [-0.15, -0.1) is 5.10 Å². The SMILES string of the molecule is CC(F)(F)c1cncc(C(=O)Nc2snnc2C(=O)N[C@H]2Cc3ccc(Cl)cc3C2)c1. The summed E-state index contributed by atoms with van der Waals surface area (Å²) < 4.78 is 30.8. The summed E-state index contributed by atoms with van der Waals surface area (Å²) in [4.78, 5) is 28.9. The predicted molar refractivity (Wildman–Crippen MR) is 112 cm³/mol. The van der Waals surface area contributed by atoms with E-state index >= 15 is 0 Å². The van der Waals surface area contributed by atoms with E-state index in [1.165, 1.54) is 6.20 Å². The minimum atomic E-state index is -3.14. The highest BCUT2D eigenvalue weighted by atomic mass is 35.5. The number of nitrogens with one attached hydrogen (secondary N) is 2. The van der Waals surface area contributed by atoms with E-state index in [2.05, 4.69) is 25.2 Å². The largest absolute Gasteiger partial charge is 0.347 e. The van der Waals surface area contributed by atoms with Gasteiger partial charge in [0.05, 0.1) is 5.56 Å². The lowest BCUT2D eigenvalue weighted by Crippen LogP contribution is -2.36. The number of carbonyl (C=O) groups is 2. The molecule has 0 radical (unpaired) electrons. The van der Waals surface area contributed by atoms with Crippen LogP contribution in [0, 0.1) is 0 Å². The third-order valence-corrected chi connectivity index (χ3v) is 5.75. The Morgan fingerprint density at radius 1 is 1.16 bits per heavy atom. The van der Waals surface area contributed by atoms with E-state index in [1.807, 2.05) is 12.1 Å². The van der Waals surface area contributed by atoms with E-state index in [9.17, 15) is 18.4 Å². The molecule has 11 heteroatoms. The summed E-state index contributed by atoms with van der Waals surface area (Å²) in [5.41, 5.74) is 1.68. The van der Waals surface area contributed by atoms with Crippen molar-refractivity contribution < 1.29 is 18.4 Å². The number of aromatic nitrogens is 3. The molecule has 0 fully saturated rings. The van der Waals surface area contributed by atoms with Crippen molar-refractivity contribution in [1.29, 1.82) is 0 Å². The summed E-state index contributed by atoms with van der Waals surface area (Å²) >= 11 is 6.84. The molecule has 3 aromatic rings. The average Bonchev–Trinajstić information content (AvgIpc) is 3.33. The lowest BCUT2D eigenvalue weighted by Gasteiger charge is -2.12. The maximum atomic E-state index is 13.5. The van der Waals surface area contributed by atoms with E-state index in [1.54, 1.807) is 6.07 Å². The van der Waals surface area contributed by atoms with Gasteiger partial charge in [0.15, 0.2) is 5.69 Å². The van der Waals surface area contributed by atoms with Crippen LogP contribution in [0.4, 0.5) is 13.8 Å². The Bertz CT molecular complexity index is 1160. The number of carbonyl (C=O) groups excluding carboxylic acids is 2. The number of hydrogen-bond acceptors (Lipinski definition) is 6. The Hall–Kier alpha value is -2.98. The molecule has 0 aliphatic heterocycles. The third-order valence-electron chi connectivity index (χ3n) is 4.87. The monoisotopic (exact) mass is 463 g/mol. The standard InChI is InChI=1S/C20H16ClF2N5O2S/c1-20(22,23)13-4-12(8-24-9-13)17(29)26-19-16(27-28-31-19)18(30)25-15-6-10-2-3-14(21)5-11(10)7-15/h2-5,8-9,15H,6-7H2,1H3,(H,25,30)(H,26,29)/t15-/m0/s1. The Balaban J connectivity index is 1.44. The van der Waals surface area contributed by atoms with Gasteiger partial charge in [0.25, 0.3) is 17.7 Å². The molecule has 0 saturated heterocycles. The maximum Gasteiger partial charge on any atom is 0.275 e. The number of benzene rings is 1. The summed E-state index contributed by atoms with van der Waals surface area (Å²) in [5, 5.41) is 9.96. The molecule has 4 rings (SSSR count). The number of fused-ring (bicyclic) bond motifs is 1. The van der Waals surface area contributed by atoms with Crippen LogP contribution in [0.2, 0.25) is 5.02 Å². The van der Waals surface area contributed by atoms with Gasteiger partial charge in [-0.25, -0.2) is 8.78 Å². The van der Waals surface area contributed by atoms with Crippen LogP contribution in [-0.4, -0.2) is 32.4 Å². The minimum Gasteiger partial charge on any atom is -0.347 e. The number of rotatable bonds is 5. The van der Waals surface area contributed by atoms with Gasteiger partial charge in [-0.1, -0.05) is 22.2 Å². The molecular formula is C20H16ClF2N5O2S. The van der Waals surface area contributed by atoms with Gasteiger partial charge in [0.2, 0.25) is 0 Å². The Morgan fingerprint density at radius 3 is 2.71 bits per heavy atom. The first-order chi connectivity index (χ1) is 14.7. The summed E-state index contributed by atoms with van der Waals surface area (Å²) in [5.74, 6) is -4.31. The Morgan fingerprint density at radius 2 is 1.94 bits per heavy atom. The highest BCUT2D eigenvalue weighted by Crippen LogP contribution is 2.28. The topological polar surface area (TPSA) is 96.9 Å². The molecule has 2 N–H and O–H groups in total. The van der Waals surface area contributed by atoms with Crippen molar-refractivity contribution in [3.63, 3.8) is 0 Å². The van der Waals surface area contributed by atoms with Gasteiger partial charge in [0.1, 0.15) is 5.00 Å².